The van der Waals surface area contributed by atoms with E-state index in [1.54, 1.807) is 0 Å². The van der Waals surface area contributed by atoms with Gasteiger partial charge in [-0.25, -0.2) is 0 Å². The summed E-state index contributed by atoms with van der Waals surface area (Å²) in [5.41, 5.74) is 12.8. The topological polar surface area (TPSA) is 35.2 Å². The second-order valence-electron chi connectivity index (χ2n) is 5.18. The Morgan fingerprint density at radius 3 is 2.11 bits per heavy atom. The summed E-state index contributed by atoms with van der Waals surface area (Å²) in [5.74, 6) is 0.867. The van der Waals surface area contributed by atoms with Gasteiger partial charge in [0.25, 0.3) is 0 Å². The molecule has 2 nitrogen and oxygen atoms in total. The van der Waals surface area contributed by atoms with Crippen LogP contribution in [0, 0.1) is 27.7 Å². The van der Waals surface area contributed by atoms with Gasteiger partial charge >= 0.3 is 0 Å². The molecular weight excluding hydrogens is 234 g/mol. The molecule has 0 amide bonds. The molecule has 0 saturated heterocycles. The van der Waals surface area contributed by atoms with Crippen LogP contribution in [0.15, 0.2) is 30.3 Å². The minimum absolute atomic E-state index is 0.599. The van der Waals surface area contributed by atoms with E-state index in [4.69, 9.17) is 10.5 Å². The molecule has 0 aliphatic rings. The summed E-state index contributed by atoms with van der Waals surface area (Å²) >= 11 is 0. The first-order valence-electron chi connectivity index (χ1n) is 6.53. The average Bonchev–Trinajstić information content (AvgIpc) is 2.32. The van der Waals surface area contributed by atoms with Crippen LogP contribution in [0.2, 0.25) is 0 Å². The van der Waals surface area contributed by atoms with Gasteiger partial charge in [-0.05, 0) is 68.1 Å². The number of anilines is 1. The SMILES string of the molecule is Cc1cc(C)c(COc2ccc(N)c(C)c2)c(C)c1. The molecule has 2 aromatic carbocycles. The third-order valence-electron chi connectivity index (χ3n) is 3.46. The van der Waals surface area contributed by atoms with Gasteiger partial charge in [0.2, 0.25) is 0 Å². The summed E-state index contributed by atoms with van der Waals surface area (Å²) < 4.78 is 5.87. The molecule has 0 bridgehead atoms. The molecule has 0 fully saturated rings. The van der Waals surface area contributed by atoms with Crippen molar-refractivity contribution in [2.24, 2.45) is 0 Å². The van der Waals surface area contributed by atoms with Crippen LogP contribution in [0.3, 0.4) is 0 Å². The lowest BCUT2D eigenvalue weighted by atomic mass is 10.0. The molecule has 0 heterocycles. The van der Waals surface area contributed by atoms with Crippen molar-refractivity contribution in [1.29, 1.82) is 0 Å². The minimum Gasteiger partial charge on any atom is -0.489 e. The molecule has 0 atom stereocenters. The lowest BCUT2D eigenvalue weighted by Gasteiger charge is -2.13. The molecule has 2 aromatic rings. The number of ether oxygens (including phenoxy) is 1. The Morgan fingerprint density at radius 1 is 0.895 bits per heavy atom. The fourth-order valence-corrected chi connectivity index (χ4v) is 2.33. The monoisotopic (exact) mass is 255 g/mol. The van der Waals surface area contributed by atoms with Gasteiger partial charge in [0.05, 0.1) is 0 Å². The van der Waals surface area contributed by atoms with Gasteiger partial charge in [-0.2, -0.15) is 0 Å². The summed E-state index contributed by atoms with van der Waals surface area (Å²) in [7, 11) is 0. The van der Waals surface area contributed by atoms with Crippen LogP contribution in [-0.4, -0.2) is 0 Å². The van der Waals surface area contributed by atoms with Crippen molar-refractivity contribution in [3.63, 3.8) is 0 Å². The number of benzene rings is 2. The zero-order valence-corrected chi connectivity index (χ0v) is 12.1. The third-order valence-corrected chi connectivity index (χ3v) is 3.46. The second-order valence-corrected chi connectivity index (χ2v) is 5.18. The first-order valence-corrected chi connectivity index (χ1v) is 6.53. The van der Waals surface area contributed by atoms with Crippen LogP contribution in [0.4, 0.5) is 5.69 Å². The average molecular weight is 255 g/mol. The highest BCUT2D eigenvalue weighted by atomic mass is 16.5. The fourth-order valence-electron chi connectivity index (χ4n) is 2.33. The molecule has 0 unspecified atom stereocenters. The number of nitrogen functional groups attached to an aromatic ring is 1. The summed E-state index contributed by atoms with van der Waals surface area (Å²) in [6, 6.07) is 10.2. The minimum atomic E-state index is 0.599. The Bertz CT molecular complexity index is 579. The molecular formula is C17H21NO. The van der Waals surface area contributed by atoms with E-state index in [1.807, 2.05) is 25.1 Å². The van der Waals surface area contributed by atoms with E-state index in [2.05, 4.69) is 32.9 Å². The third kappa shape index (κ3) is 3.08. The standard InChI is InChI=1S/C17H21NO/c1-11-7-12(2)16(13(3)8-11)10-19-15-5-6-17(18)14(4)9-15/h5-9H,10,18H2,1-4H3. The zero-order chi connectivity index (χ0) is 14.0. The van der Waals surface area contributed by atoms with Crippen LogP contribution in [-0.2, 0) is 6.61 Å². The van der Waals surface area contributed by atoms with E-state index in [-0.39, 0.29) is 0 Å². The Morgan fingerprint density at radius 2 is 1.53 bits per heavy atom. The van der Waals surface area contributed by atoms with Gasteiger partial charge in [0.15, 0.2) is 0 Å². The summed E-state index contributed by atoms with van der Waals surface area (Å²) in [5, 5.41) is 0. The van der Waals surface area contributed by atoms with Crippen LogP contribution in [0.25, 0.3) is 0 Å². The zero-order valence-electron chi connectivity index (χ0n) is 12.1. The summed E-state index contributed by atoms with van der Waals surface area (Å²) in [6.45, 7) is 8.97. The van der Waals surface area contributed by atoms with E-state index in [0.29, 0.717) is 6.61 Å². The van der Waals surface area contributed by atoms with E-state index >= 15 is 0 Å². The van der Waals surface area contributed by atoms with Gasteiger partial charge < -0.3 is 10.5 Å². The predicted octanol–water partition coefficient (Wildman–Crippen LogP) is 4.08. The van der Waals surface area contributed by atoms with Crippen LogP contribution in [0.1, 0.15) is 27.8 Å². The van der Waals surface area contributed by atoms with Gasteiger partial charge in [-0.15, -0.1) is 0 Å². The molecule has 0 spiro atoms. The van der Waals surface area contributed by atoms with Crippen molar-refractivity contribution in [3.05, 3.63) is 58.1 Å². The first kappa shape index (κ1) is 13.5. The van der Waals surface area contributed by atoms with Gasteiger partial charge in [0.1, 0.15) is 12.4 Å². The maximum absolute atomic E-state index is 5.87. The Kier molecular flexibility index (Phi) is 3.79. The molecule has 100 valence electrons. The molecule has 19 heavy (non-hydrogen) atoms. The quantitative estimate of drug-likeness (QED) is 0.839. The van der Waals surface area contributed by atoms with Crippen molar-refractivity contribution in [1.82, 2.24) is 0 Å². The Balaban J connectivity index is 2.16. The molecule has 0 aliphatic carbocycles. The molecule has 0 radical (unpaired) electrons. The van der Waals surface area contributed by atoms with Crippen molar-refractivity contribution in [3.8, 4) is 5.75 Å². The lowest BCUT2D eigenvalue weighted by Crippen LogP contribution is -2.02. The maximum atomic E-state index is 5.87. The number of rotatable bonds is 3. The van der Waals surface area contributed by atoms with Crippen LogP contribution >= 0.6 is 0 Å². The highest BCUT2D eigenvalue weighted by Gasteiger charge is 2.05. The first-order chi connectivity index (χ1) is 8.97. The normalized spacial score (nSPS) is 10.5. The Labute approximate surface area is 115 Å². The molecule has 2 N–H and O–H groups in total. The van der Waals surface area contributed by atoms with Crippen molar-refractivity contribution >= 4 is 5.69 Å². The lowest BCUT2D eigenvalue weighted by molar-refractivity contribution is 0.304. The Hall–Kier alpha value is -1.96. The second kappa shape index (κ2) is 5.35. The van der Waals surface area contributed by atoms with Gasteiger partial charge in [-0.3, -0.25) is 0 Å². The number of nitrogens with two attached hydrogens (primary N) is 1. The highest BCUT2D eigenvalue weighted by molar-refractivity contribution is 5.49. The number of hydrogen-bond acceptors (Lipinski definition) is 2. The van der Waals surface area contributed by atoms with Gasteiger partial charge in [-0.1, -0.05) is 17.7 Å². The predicted molar refractivity (Wildman–Crippen MR) is 80.6 cm³/mol. The fraction of sp³-hybridized carbons (Fsp3) is 0.294. The molecule has 0 aromatic heterocycles. The van der Waals surface area contributed by atoms with Crippen LogP contribution in [0.5, 0.6) is 5.75 Å². The smallest absolute Gasteiger partial charge is 0.120 e. The van der Waals surface area contributed by atoms with E-state index < -0.39 is 0 Å². The van der Waals surface area contributed by atoms with Crippen LogP contribution < -0.4 is 10.5 Å². The largest absolute Gasteiger partial charge is 0.489 e. The molecule has 2 rings (SSSR count). The number of hydrogen-bond donors (Lipinski definition) is 1. The molecule has 0 aliphatic heterocycles. The number of aryl methyl sites for hydroxylation is 4. The van der Waals surface area contributed by atoms with E-state index in [1.165, 1.54) is 22.3 Å². The summed E-state index contributed by atoms with van der Waals surface area (Å²) in [6.07, 6.45) is 0. The van der Waals surface area contributed by atoms with Crippen molar-refractivity contribution in [2.75, 3.05) is 5.73 Å². The molecule has 0 saturated carbocycles. The van der Waals surface area contributed by atoms with E-state index in [9.17, 15) is 0 Å². The maximum Gasteiger partial charge on any atom is 0.120 e. The highest BCUT2D eigenvalue weighted by Crippen LogP contribution is 2.22. The van der Waals surface area contributed by atoms with E-state index in [0.717, 1.165) is 17.0 Å². The molecule has 2 heteroatoms. The summed E-state index contributed by atoms with van der Waals surface area (Å²) in [4.78, 5) is 0. The van der Waals surface area contributed by atoms with Crippen molar-refractivity contribution in [2.45, 2.75) is 34.3 Å². The van der Waals surface area contributed by atoms with Gasteiger partial charge in [0, 0.05) is 5.69 Å². The van der Waals surface area contributed by atoms with Crippen molar-refractivity contribution < 1.29 is 4.74 Å².